The molecule has 0 aliphatic heterocycles. The maximum absolute atomic E-state index is 10.8. The molecule has 0 saturated carbocycles. The molecule has 0 fully saturated rings. The first-order valence-electron chi connectivity index (χ1n) is 4.52. The maximum Gasteiger partial charge on any atom is 0.352 e. The van der Waals surface area contributed by atoms with Gasteiger partial charge in [-0.15, -0.1) is 0 Å². The largest absolute Gasteiger partial charge is 0.497 e. The fraction of sp³-hybridized carbons (Fsp3) is 0.182. The van der Waals surface area contributed by atoms with Crippen LogP contribution in [0.15, 0.2) is 18.2 Å². The summed E-state index contributed by atoms with van der Waals surface area (Å²) in [6.07, 6.45) is 0. The summed E-state index contributed by atoms with van der Waals surface area (Å²) in [6, 6.07) is 5.28. The summed E-state index contributed by atoms with van der Waals surface area (Å²) >= 11 is 0. The predicted octanol–water partition coefficient (Wildman–Crippen LogP) is 2.18. The van der Waals surface area contributed by atoms with Crippen LogP contribution in [0, 0.1) is 6.92 Å². The number of aromatic carboxylic acids is 1. The highest BCUT2D eigenvalue weighted by molar-refractivity contribution is 5.95. The first kappa shape index (κ1) is 9.58. The third-order valence-corrected chi connectivity index (χ3v) is 2.37. The van der Waals surface area contributed by atoms with E-state index in [2.05, 4.69) is 4.98 Å². The number of ether oxygens (including phenoxy) is 1. The van der Waals surface area contributed by atoms with Crippen molar-refractivity contribution >= 4 is 16.9 Å². The van der Waals surface area contributed by atoms with E-state index < -0.39 is 5.97 Å². The van der Waals surface area contributed by atoms with Gasteiger partial charge in [-0.3, -0.25) is 0 Å². The van der Waals surface area contributed by atoms with Crippen molar-refractivity contribution in [3.8, 4) is 5.75 Å². The van der Waals surface area contributed by atoms with Crippen LogP contribution in [0.2, 0.25) is 0 Å². The van der Waals surface area contributed by atoms with E-state index in [1.807, 2.05) is 19.1 Å². The van der Waals surface area contributed by atoms with Crippen molar-refractivity contribution in [2.24, 2.45) is 0 Å². The van der Waals surface area contributed by atoms with Crippen molar-refractivity contribution in [1.29, 1.82) is 0 Å². The third-order valence-electron chi connectivity index (χ3n) is 2.37. The molecule has 15 heavy (non-hydrogen) atoms. The molecule has 0 saturated heterocycles. The van der Waals surface area contributed by atoms with Crippen molar-refractivity contribution in [2.45, 2.75) is 6.92 Å². The van der Waals surface area contributed by atoms with Crippen LogP contribution in [0.5, 0.6) is 5.75 Å². The van der Waals surface area contributed by atoms with Gasteiger partial charge in [-0.1, -0.05) is 0 Å². The van der Waals surface area contributed by atoms with E-state index in [1.165, 1.54) is 0 Å². The lowest BCUT2D eigenvalue weighted by atomic mass is 10.1. The van der Waals surface area contributed by atoms with Crippen LogP contribution in [-0.4, -0.2) is 23.2 Å². The molecule has 0 aliphatic carbocycles. The Bertz CT molecular complexity index is 528. The minimum Gasteiger partial charge on any atom is -0.497 e. The average molecular weight is 205 g/mol. The molecule has 2 N–H and O–H groups in total. The number of hydrogen-bond donors (Lipinski definition) is 2. The van der Waals surface area contributed by atoms with E-state index in [9.17, 15) is 4.79 Å². The van der Waals surface area contributed by atoms with E-state index >= 15 is 0 Å². The Kier molecular flexibility index (Phi) is 2.11. The van der Waals surface area contributed by atoms with E-state index in [1.54, 1.807) is 13.2 Å². The lowest BCUT2D eigenvalue weighted by Gasteiger charge is -2.01. The Morgan fingerprint density at radius 3 is 2.73 bits per heavy atom. The second kappa shape index (κ2) is 3.31. The van der Waals surface area contributed by atoms with Gasteiger partial charge in [0.25, 0.3) is 0 Å². The van der Waals surface area contributed by atoms with Crippen molar-refractivity contribution in [3.05, 3.63) is 29.5 Å². The van der Waals surface area contributed by atoms with E-state index in [0.717, 1.165) is 22.2 Å². The van der Waals surface area contributed by atoms with Gasteiger partial charge in [-0.2, -0.15) is 0 Å². The molecule has 1 heterocycles. The van der Waals surface area contributed by atoms with Crippen LogP contribution in [0.4, 0.5) is 0 Å². The molecule has 1 aromatic heterocycles. The molecule has 0 radical (unpaired) electrons. The molecule has 78 valence electrons. The van der Waals surface area contributed by atoms with Gasteiger partial charge in [-0.05, 0) is 30.7 Å². The zero-order valence-corrected chi connectivity index (χ0v) is 8.50. The topological polar surface area (TPSA) is 62.3 Å². The molecular formula is C11H11NO3. The molecular weight excluding hydrogens is 194 g/mol. The molecule has 2 aromatic rings. The van der Waals surface area contributed by atoms with Crippen LogP contribution in [0.3, 0.4) is 0 Å². The van der Waals surface area contributed by atoms with E-state index in [-0.39, 0.29) is 5.69 Å². The SMILES string of the molecule is COc1cc(C)c2[nH]c(C(=O)O)cc2c1. The van der Waals surface area contributed by atoms with Gasteiger partial charge in [0.1, 0.15) is 11.4 Å². The number of carboxylic acids is 1. The zero-order valence-electron chi connectivity index (χ0n) is 8.50. The standard InChI is InChI=1S/C11H11NO3/c1-6-3-8(15-2)4-7-5-9(11(13)14)12-10(6)7/h3-5,12H,1-2H3,(H,13,14). The van der Waals surface area contributed by atoms with Crippen LogP contribution in [0.1, 0.15) is 16.1 Å². The molecule has 1 aromatic carbocycles. The van der Waals surface area contributed by atoms with Crippen LogP contribution >= 0.6 is 0 Å². The number of rotatable bonds is 2. The molecule has 0 spiro atoms. The average Bonchev–Trinajstić information content (AvgIpc) is 2.61. The van der Waals surface area contributed by atoms with Crippen molar-refractivity contribution in [2.75, 3.05) is 7.11 Å². The highest BCUT2D eigenvalue weighted by atomic mass is 16.5. The number of fused-ring (bicyclic) bond motifs is 1. The van der Waals surface area contributed by atoms with E-state index in [4.69, 9.17) is 9.84 Å². The molecule has 0 bridgehead atoms. The van der Waals surface area contributed by atoms with Gasteiger partial charge in [-0.25, -0.2) is 4.79 Å². The van der Waals surface area contributed by atoms with Crippen molar-refractivity contribution < 1.29 is 14.6 Å². The summed E-state index contributed by atoms with van der Waals surface area (Å²) in [5, 5.41) is 9.69. The Hall–Kier alpha value is -1.97. The fourth-order valence-corrected chi connectivity index (χ4v) is 1.62. The van der Waals surface area contributed by atoms with Crippen molar-refractivity contribution in [3.63, 3.8) is 0 Å². The lowest BCUT2D eigenvalue weighted by molar-refractivity contribution is 0.0691. The quantitative estimate of drug-likeness (QED) is 0.789. The highest BCUT2D eigenvalue weighted by Crippen LogP contribution is 2.25. The van der Waals surface area contributed by atoms with Crippen LogP contribution in [0.25, 0.3) is 10.9 Å². The Morgan fingerprint density at radius 2 is 2.13 bits per heavy atom. The number of aromatic amines is 1. The predicted molar refractivity (Wildman–Crippen MR) is 56.5 cm³/mol. The molecule has 0 amide bonds. The van der Waals surface area contributed by atoms with Gasteiger partial charge in [0.2, 0.25) is 0 Å². The number of nitrogens with one attached hydrogen (secondary N) is 1. The Labute approximate surface area is 86.5 Å². The van der Waals surface area contributed by atoms with Gasteiger partial charge in [0, 0.05) is 10.9 Å². The molecule has 4 nitrogen and oxygen atoms in total. The number of carboxylic acid groups (broad SMARTS) is 1. The maximum atomic E-state index is 10.8. The number of hydrogen-bond acceptors (Lipinski definition) is 2. The highest BCUT2D eigenvalue weighted by Gasteiger charge is 2.09. The Morgan fingerprint density at radius 1 is 1.40 bits per heavy atom. The zero-order chi connectivity index (χ0) is 11.0. The molecule has 0 unspecified atom stereocenters. The fourth-order valence-electron chi connectivity index (χ4n) is 1.62. The normalized spacial score (nSPS) is 10.5. The van der Waals surface area contributed by atoms with E-state index in [0.29, 0.717) is 0 Å². The van der Waals surface area contributed by atoms with Crippen LogP contribution in [-0.2, 0) is 0 Å². The Balaban J connectivity index is 2.69. The summed E-state index contributed by atoms with van der Waals surface area (Å²) in [5.41, 5.74) is 2.01. The molecule has 2 rings (SSSR count). The molecule has 0 atom stereocenters. The second-order valence-corrected chi connectivity index (χ2v) is 3.40. The first-order valence-corrected chi connectivity index (χ1v) is 4.52. The minimum atomic E-state index is -0.954. The number of aryl methyl sites for hydroxylation is 1. The van der Waals surface area contributed by atoms with Gasteiger partial charge in [0.15, 0.2) is 0 Å². The van der Waals surface area contributed by atoms with Crippen LogP contribution < -0.4 is 4.74 Å². The lowest BCUT2D eigenvalue weighted by Crippen LogP contribution is -1.94. The monoisotopic (exact) mass is 205 g/mol. The summed E-state index contributed by atoms with van der Waals surface area (Å²) in [6.45, 7) is 1.91. The smallest absolute Gasteiger partial charge is 0.352 e. The van der Waals surface area contributed by atoms with Gasteiger partial charge < -0.3 is 14.8 Å². The van der Waals surface area contributed by atoms with Gasteiger partial charge in [0.05, 0.1) is 7.11 Å². The van der Waals surface area contributed by atoms with Crippen molar-refractivity contribution in [1.82, 2.24) is 4.98 Å². The first-order chi connectivity index (χ1) is 7.11. The third kappa shape index (κ3) is 1.54. The van der Waals surface area contributed by atoms with Gasteiger partial charge >= 0.3 is 5.97 Å². The summed E-state index contributed by atoms with van der Waals surface area (Å²) in [4.78, 5) is 13.6. The molecule has 0 aliphatic rings. The number of aromatic nitrogens is 1. The second-order valence-electron chi connectivity index (χ2n) is 3.40. The summed E-state index contributed by atoms with van der Waals surface area (Å²) in [7, 11) is 1.59. The number of H-pyrrole nitrogens is 1. The summed E-state index contributed by atoms with van der Waals surface area (Å²) < 4.78 is 5.11. The number of benzene rings is 1. The number of carbonyl (C=O) groups is 1. The minimum absolute atomic E-state index is 0.196. The summed E-state index contributed by atoms with van der Waals surface area (Å²) in [5.74, 6) is -0.222. The molecule has 4 heteroatoms. The number of methoxy groups -OCH3 is 1.